The molecule has 1 saturated heterocycles. The number of likely N-dealkylation sites (tertiary alicyclic amines) is 1. The van der Waals surface area contributed by atoms with Gasteiger partial charge in [-0.15, -0.1) is 0 Å². The van der Waals surface area contributed by atoms with Gasteiger partial charge in [0.15, 0.2) is 5.78 Å². The van der Waals surface area contributed by atoms with Crippen molar-refractivity contribution in [3.8, 4) is 0 Å². The molecule has 0 unspecified atom stereocenters. The zero-order valence-corrected chi connectivity index (χ0v) is 11.7. The van der Waals surface area contributed by atoms with Crippen LogP contribution in [0.3, 0.4) is 0 Å². The third-order valence-electron chi connectivity index (χ3n) is 3.66. The van der Waals surface area contributed by atoms with Gasteiger partial charge in [0.05, 0.1) is 5.56 Å². The molecule has 1 N–H and O–H groups in total. The Hall–Kier alpha value is -2.31. The fourth-order valence-corrected chi connectivity index (χ4v) is 2.54. The third kappa shape index (κ3) is 3.47. The number of aliphatic carboxylic acids is 1. The molecule has 1 aliphatic rings. The van der Waals surface area contributed by atoms with E-state index in [1.165, 1.54) is 4.90 Å². The number of benzene rings is 1. The molecule has 22 heavy (non-hydrogen) atoms. The quantitative estimate of drug-likeness (QED) is 0.844. The summed E-state index contributed by atoms with van der Waals surface area (Å²) in [4.78, 5) is 36.1. The van der Waals surface area contributed by atoms with E-state index in [2.05, 4.69) is 0 Å². The molecule has 0 spiro atoms. The first-order valence-electron chi connectivity index (χ1n) is 6.90. The highest BCUT2D eigenvalue weighted by atomic mass is 19.1. The van der Waals surface area contributed by atoms with Crippen LogP contribution in [0, 0.1) is 11.6 Å². The van der Waals surface area contributed by atoms with Gasteiger partial charge in [-0.2, -0.15) is 0 Å². The largest absolute Gasteiger partial charge is 0.480 e. The number of carbonyl (C=O) groups is 3. The second-order valence-corrected chi connectivity index (χ2v) is 5.13. The van der Waals surface area contributed by atoms with Crippen LogP contribution in [0.5, 0.6) is 0 Å². The molecule has 0 aliphatic carbocycles. The van der Waals surface area contributed by atoms with Crippen molar-refractivity contribution < 1.29 is 28.3 Å². The van der Waals surface area contributed by atoms with Crippen LogP contribution in [0.2, 0.25) is 0 Å². The van der Waals surface area contributed by atoms with Gasteiger partial charge in [0.25, 0.3) is 0 Å². The van der Waals surface area contributed by atoms with Crippen molar-refractivity contribution in [2.75, 3.05) is 6.54 Å². The number of rotatable bonds is 5. The average molecular weight is 311 g/mol. The van der Waals surface area contributed by atoms with Crippen molar-refractivity contribution in [1.29, 1.82) is 0 Å². The Bertz CT molecular complexity index is 618. The molecule has 2 rings (SSSR count). The van der Waals surface area contributed by atoms with E-state index < -0.39 is 35.3 Å². The minimum absolute atomic E-state index is 0.195. The second-order valence-electron chi connectivity index (χ2n) is 5.13. The monoisotopic (exact) mass is 311 g/mol. The highest BCUT2D eigenvalue weighted by Crippen LogP contribution is 2.20. The highest BCUT2D eigenvalue weighted by molar-refractivity contribution is 5.98. The summed E-state index contributed by atoms with van der Waals surface area (Å²) in [5, 5.41) is 9.00. The van der Waals surface area contributed by atoms with Gasteiger partial charge in [0.1, 0.15) is 17.7 Å². The zero-order valence-electron chi connectivity index (χ0n) is 11.7. The molecule has 1 atom stereocenters. The molecule has 1 aromatic rings. The summed E-state index contributed by atoms with van der Waals surface area (Å²) in [6.07, 6.45) is 0.550. The maximum Gasteiger partial charge on any atom is 0.326 e. The predicted octanol–water partition coefficient (Wildman–Crippen LogP) is 2.00. The van der Waals surface area contributed by atoms with E-state index in [0.29, 0.717) is 25.5 Å². The number of carboxylic acids is 1. The van der Waals surface area contributed by atoms with E-state index in [1.54, 1.807) is 0 Å². The number of carboxylic acid groups (broad SMARTS) is 1. The summed E-state index contributed by atoms with van der Waals surface area (Å²) < 4.78 is 26.2. The lowest BCUT2D eigenvalue weighted by molar-refractivity contribution is -0.148. The topological polar surface area (TPSA) is 74.7 Å². The van der Waals surface area contributed by atoms with E-state index in [1.807, 2.05) is 0 Å². The predicted molar refractivity (Wildman–Crippen MR) is 72.3 cm³/mol. The van der Waals surface area contributed by atoms with Gasteiger partial charge in [-0.1, -0.05) is 0 Å². The molecule has 7 heteroatoms. The number of hydrogen-bond acceptors (Lipinski definition) is 3. The Labute approximate surface area is 125 Å². The van der Waals surface area contributed by atoms with Crippen LogP contribution in [0.25, 0.3) is 0 Å². The Morgan fingerprint density at radius 3 is 2.59 bits per heavy atom. The molecule has 1 aromatic carbocycles. The van der Waals surface area contributed by atoms with E-state index in [4.69, 9.17) is 5.11 Å². The van der Waals surface area contributed by atoms with Crippen molar-refractivity contribution in [2.45, 2.75) is 31.7 Å². The van der Waals surface area contributed by atoms with Crippen LogP contribution in [0.4, 0.5) is 8.78 Å². The summed E-state index contributed by atoms with van der Waals surface area (Å²) >= 11 is 0. The smallest absolute Gasteiger partial charge is 0.326 e. The molecular weight excluding hydrogens is 296 g/mol. The molecular formula is C15H15F2NO4. The molecule has 0 bridgehead atoms. The summed E-state index contributed by atoms with van der Waals surface area (Å²) in [7, 11) is 0. The number of nitrogens with zero attached hydrogens (tertiary/aromatic N) is 1. The Kier molecular flexibility index (Phi) is 4.85. The van der Waals surface area contributed by atoms with Crippen molar-refractivity contribution in [3.05, 3.63) is 35.4 Å². The van der Waals surface area contributed by atoms with Crippen LogP contribution >= 0.6 is 0 Å². The van der Waals surface area contributed by atoms with E-state index in [9.17, 15) is 23.2 Å². The number of hydrogen-bond donors (Lipinski definition) is 1. The normalized spacial score (nSPS) is 17.5. The number of amides is 1. The molecule has 1 aliphatic heterocycles. The molecule has 0 radical (unpaired) electrons. The van der Waals surface area contributed by atoms with Gasteiger partial charge in [-0.05, 0) is 25.0 Å². The first kappa shape index (κ1) is 16.1. The zero-order chi connectivity index (χ0) is 16.3. The minimum Gasteiger partial charge on any atom is -0.480 e. The third-order valence-corrected chi connectivity index (χ3v) is 3.66. The van der Waals surface area contributed by atoms with Gasteiger partial charge in [-0.3, -0.25) is 9.59 Å². The van der Waals surface area contributed by atoms with Crippen LogP contribution in [0.1, 0.15) is 36.0 Å². The molecule has 118 valence electrons. The van der Waals surface area contributed by atoms with E-state index in [0.717, 1.165) is 12.1 Å². The maximum atomic E-state index is 13.5. The molecule has 1 heterocycles. The summed E-state index contributed by atoms with van der Waals surface area (Å²) in [6, 6.07) is 1.76. The van der Waals surface area contributed by atoms with Gasteiger partial charge < -0.3 is 10.0 Å². The Morgan fingerprint density at radius 2 is 1.95 bits per heavy atom. The number of halogens is 2. The first-order chi connectivity index (χ1) is 10.4. The van der Waals surface area contributed by atoms with Crippen LogP contribution < -0.4 is 0 Å². The summed E-state index contributed by atoms with van der Waals surface area (Å²) in [5.74, 6) is -3.88. The molecule has 1 amide bonds. The molecule has 0 saturated carbocycles. The van der Waals surface area contributed by atoms with Crippen molar-refractivity contribution >= 4 is 17.7 Å². The fourth-order valence-electron chi connectivity index (χ4n) is 2.54. The standard InChI is InChI=1S/C15H15F2NO4/c16-9-3-4-10(11(17)8-9)13(19)5-6-14(20)18-7-1-2-12(18)15(21)22/h3-4,8,12H,1-2,5-7H2,(H,21,22)/t12-/m0/s1. The molecule has 5 nitrogen and oxygen atoms in total. The minimum atomic E-state index is -1.07. The Balaban J connectivity index is 1.96. The lowest BCUT2D eigenvalue weighted by Gasteiger charge is -2.21. The molecule has 0 aromatic heterocycles. The van der Waals surface area contributed by atoms with Gasteiger partial charge in [0, 0.05) is 25.5 Å². The highest BCUT2D eigenvalue weighted by Gasteiger charge is 2.33. The van der Waals surface area contributed by atoms with Crippen molar-refractivity contribution in [2.24, 2.45) is 0 Å². The van der Waals surface area contributed by atoms with Crippen LogP contribution in [0.15, 0.2) is 18.2 Å². The molecule has 1 fully saturated rings. The van der Waals surface area contributed by atoms with Crippen LogP contribution in [-0.4, -0.2) is 40.3 Å². The summed E-state index contributed by atoms with van der Waals surface area (Å²) in [6.45, 7) is 0.342. The van der Waals surface area contributed by atoms with Crippen LogP contribution in [-0.2, 0) is 9.59 Å². The number of carbonyl (C=O) groups excluding carboxylic acids is 2. The first-order valence-corrected chi connectivity index (χ1v) is 6.90. The SMILES string of the molecule is O=C(CCC(=O)N1CCC[C@H]1C(=O)O)c1ccc(F)cc1F. The average Bonchev–Trinajstić information content (AvgIpc) is 2.94. The summed E-state index contributed by atoms with van der Waals surface area (Å²) in [5.41, 5.74) is -0.273. The lowest BCUT2D eigenvalue weighted by Crippen LogP contribution is -2.40. The fraction of sp³-hybridized carbons (Fsp3) is 0.400. The lowest BCUT2D eigenvalue weighted by atomic mass is 10.1. The van der Waals surface area contributed by atoms with Crippen molar-refractivity contribution in [3.63, 3.8) is 0 Å². The van der Waals surface area contributed by atoms with E-state index in [-0.39, 0.29) is 18.4 Å². The number of Topliss-reactive ketones (excluding diaryl/α,β-unsaturated/α-hetero) is 1. The van der Waals surface area contributed by atoms with E-state index >= 15 is 0 Å². The Morgan fingerprint density at radius 1 is 1.23 bits per heavy atom. The second kappa shape index (κ2) is 6.64. The van der Waals surface area contributed by atoms with Crippen molar-refractivity contribution in [1.82, 2.24) is 4.90 Å². The number of ketones is 1. The van der Waals surface area contributed by atoms with Gasteiger partial charge in [0.2, 0.25) is 5.91 Å². The van der Waals surface area contributed by atoms with Gasteiger partial charge in [-0.25, -0.2) is 13.6 Å². The maximum absolute atomic E-state index is 13.5. The van der Waals surface area contributed by atoms with Gasteiger partial charge >= 0.3 is 5.97 Å².